The summed E-state index contributed by atoms with van der Waals surface area (Å²) in [6.07, 6.45) is 3.43. The maximum Gasteiger partial charge on any atom is 0.355 e. The van der Waals surface area contributed by atoms with Gasteiger partial charge in [-0.3, -0.25) is 0 Å². The highest BCUT2D eigenvalue weighted by Crippen LogP contribution is 2.38. The second-order valence-electron chi connectivity index (χ2n) is 10.9. The molecule has 43 heavy (non-hydrogen) atoms. The van der Waals surface area contributed by atoms with E-state index in [0.29, 0.717) is 67.4 Å². The van der Waals surface area contributed by atoms with Crippen molar-refractivity contribution in [2.75, 3.05) is 26.4 Å². The number of aromatic nitrogens is 1. The van der Waals surface area contributed by atoms with E-state index < -0.39 is 0 Å². The third-order valence-electron chi connectivity index (χ3n) is 8.06. The fourth-order valence-electron chi connectivity index (χ4n) is 6.03. The summed E-state index contributed by atoms with van der Waals surface area (Å²) in [6.45, 7) is 7.83. The quantitative estimate of drug-likeness (QED) is 0.167. The van der Waals surface area contributed by atoms with Crippen LogP contribution in [0.2, 0.25) is 0 Å². The summed E-state index contributed by atoms with van der Waals surface area (Å²) in [7, 11) is 0. The molecule has 0 spiro atoms. The number of aryl methyl sites for hydroxylation is 3. The maximum absolute atomic E-state index is 13.8. The normalized spacial score (nSPS) is 15.4. The number of halogens is 1. The zero-order valence-electron chi connectivity index (χ0n) is 25.2. The van der Waals surface area contributed by atoms with Crippen LogP contribution < -0.4 is 10.5 Å². The number of nitrogens with zero attached hydrogens (tertiary/aromatic N) is 1. The molecule has 0 aliphatic carbocycles. The molecule has 0 atom stereocenters. The number of fused-ring (bicyclic) bond motifs is 1. The topological polar surface area (TPSA) is 99.6 Å². The lowest BCUT2D eigenvalue weighted by atomic mass is 9.91. The Bertz CT molecular complexity index is 1700. The van der Waals surface area contributed by atoms with Crippen LogP contribution >= 0.6 is 0 Å². The summed E-state index contributed by atoms with van der Waals surface area (Å²) in [6, 6.07) is 14.4. The van der Waals surface area contributed by atoms with Crippen molar-refractivity contribution in [1.82, 2.24) is 4.57 Å². The van der Waals surface area contributed by atoms with Crippen molar-refractivity contribution < 1.29 is 23.4 Å². The minimum atomic E-state index is -0.357. The van der Waals surface area contributed by atoms with Crippen molar-refractivity contribution in [3.63, 3.8) is 0 Å². The monoisotopic (exact) mass is 585 g/mol. The summed E-state index contributed by atoms with van der Waals surface area (Å²) >= 11 is 0. The largest absolute Gasteiger partial charge is 0.493 e. The van der Waals surface area contributed by atoms with E-state index in [1.807, 2.05) is 45.0 Å². The van der Waals surface area contributed by atoms with E-state index in [9.17, 15) is 9.18 Å². The first-order chi connectivity index (χ1) is 20.8. The Hall–Kier alpha value is -4.17. The number of esters is 1. The molecule has 3 N–H and O–H groups in total. The number of ether oxygens (including phenoxy) is 3. The molecule has 0 bridgehead atoms. The van der Waals surface area contributed by atoms with Crippen molar-refractivity contribution in [2.45, 2.75) is 59.4 Å². The third-order valence-corrected chi connectivity index (χ3v) is 8.06. The number of benzene rings is 3. The number of nitrogens with two attached hydrogens (primary N) is 1. The Kier molecular flexibility index (Phi) is 9.46. The molecule has 0 saturated heterocycles. The van der Waals surface area contributed by atoms with E-state index in [2.05, 4.69) is 10.6 Å². The number of nitrogens with one attached hydrogen (secondary N) is 1. The van der Waals surface area contributed by atoms with Crippen LogP contribution in [-0.2, 0) is 22.4 Å². The van der Waals surface area contributed by atoms with Crippen molar-refractivity contribution in [2.24, 2.45) is 5.73 Å². The van der Waals surface area contributed by atoms with Crippen LogP contribution in [-0.4, -0.2) is 42.7 Å². The highest BCUT2D eigenvalue weighted by molar-refractivity contribution is 6.27. The zero-order valence-corrected chi connectivity index (χ0v) is 25.2. The Morgan fingerprint density at radius 1 is 1.12 bits per heavy atom. The summed E-state index contributed by atoms with van der Waals surface area (Å²) in [5.74, 6) is 0.0578. The second-order valence-corrected chi connectivity index (χ2v) is 10.9. The highest BCUT2D eigenvalue weighted by atomic mass is 19.1. The predicted molar refractivity (Wildman–Crippen MR) is 170 cm³/mol. The van der Waals surface area contributed by atoms with Crippen LogP contribution in [0.15, 0.2) is 54.2 Å². The molecule has 4 aromatic rings. The number of rotatable bonds is 8. The minimum Gasteiger partial charge on any atom is -0.493 e. The first-order valence-electron chi connectivity index (χ1n) is 15.1. The molecular weight excluding hydrogens is 545 g/mol. The Balaban J connectivity index is 1.59. The molecule has 0 amide bonds. The summed E-state index contributed by atoms with van der Waals surface area (Å²) in [4.78, 5) is 13.6. The molecular formula is C35H40FN3O4. The van der Waals surface area contributed by atoms with E-state index >= 15 is 0 Å². The van der Waals surface area contributed by atoms with Crippen LogP contribution in [0.3, 0.4) is 0 Å². The lowest BCUT2D eigenvalue weighted by molar-refractivity contribution is 0.0512. The van der Waals surface area contributed by atoms with Crippen molar-refractivity contribution in [3.05, 3.63) is 82.4 Å². The van der Waals surface area contributed by atoms with Gasteiger partial charge in [0.25, 0.3) is 0 Å². The van der Waals surface area contributed by atoms with Gasteiger partial charge in [-0.15, -0.1) is 0 Å². The average molecular weight is 586 g/mol. The third kappa shape index (κ3) is 6.15. The molecule has 8 heteroatoms. The van der Waals surface area contributed by atoms with Crippen LogP contribution in [0, 0.1) is 18.2 Å². The lowest BCUT2D eigenvalue weighted by Gasteiger charge is -2.18. The highest BCUT2D eigenvalue weighted by Gasteiger charge is 2.28. The molecule has 0 saturated carbocycles. The first kappa shape index (κ1) is 30.3. The van der Waals surface area contributed by atoms with E-state index in [1.54, 1.807) is 6.07 Å². The zero-order chi connectivity index (χ0) is 30.5. The molecule has 7 nitrogen and oxygen atoms in total. The summed E-state index contributed by atoms with van der Waals surface area (Å²) in [5, 5.41) is 11.6. The fraction of sp³-hybridized carbons (Fsp3) is 0.371. The molecule has 5 rings (SSSR count). The van der Waals surface area contributed by atoms with Gasteiger partial charge in [-0.1, -0.05) is 31.2 Å². The van der Waals surface area contributed by atoms with Gasteiger partial charge < -0.3 is 29.9 Å². The van der Waals surface area contributed by atoms with Gasteiger partial charge in [0.2, 0.25) is 0 Å². The molecule has 3 aromatic carbocycles. The Morgan fingerprint density at radius 3 is 2.72 bits per heavy atom. The molecule has 226 valence electrons. The van der Waals surface area contributed by atoms with Gasteiger partial charge in [0, 0.05) is 40.8 Å². The van der Waals surface area contributed by atoms with Gasteiger partial charge in [-0.05, 0) is 86.7 Å². The molecule has 1 aliphatic rings. The molecule has 0 unspecified atom stereocenters. The van der Waals surface area contributed by atoms with Crippen LogP contribution in [0.4, 0.5) is 4.39 Å². The van der Waals surface area contributed by atoms with Crippen molar-refractivity contribution in [1.29, 1.82) is 5.41 Å². The number of hydrogen-bond donors (Lipinski definition) is 2. The van der Waals surface area contributed by atoms with Crippen LogP contribution in [0.5, 0.6) is 5.75 Å². The fourth-order valence-corrected chi connectivity index (χ4v) is 6.03. The molecule has 1 aromatic heterocycles. The van der Waals surface area contributed by atoms with Crippen LogP contribution in [0.25, 0.3) is 27.2 Å². The first-order valence-corrected chi connectivity index (χ1v) is 15.1. The van der Waals surface area contributed by atoms with E-state index in [-0.39, 0.29) is 25.0 Å². The molecule has 2 heterocycles. The second kappa shape index (κ2) is 13.4. The van der Waals surface area contributed by atoms with E-state index in [1.165, 1.54) is 12.1 Å². The van der Waals surface area contributed by atoms with Gasteiger partial charge in [0.05, 0.1) is 31.0 Å². The maximum atomic E-state index is 13.8. The van der Waals surface area contributed by atoms with Crippen molar-refractivity contribution >= 4 is 38.9 Å². The van der Waals surface area contributed by atoms with Crippen molar-refractivity contribution in [3.8, 4) is 5.75 Å². The Labute approximate surface area is 251 Å². The number of allylic oxidation sites excluding steroid dienone is 1. The number of hydrogen-bond acceptors (Lipinski definition) is 6. The minimum absolute atomic E-state index is 0.183. The van der Waals surface area contributed by atoms with E-state index in [4.69, 9.17) is 25.4 Å². The Morgan fingerprint density at radius 2 is 1.93 bits per heavy atom. The smallest absolute Gasteiger partial charge is 0.355 e. The van der Waals surface area contributed by atoms with Gasteiger partial charge in [-0.25, -0.2) is 9.18 Å². The van der Waals surface area contributed by atoms with E-state index in [0.717, 1.165) is 51.2 Å². The van der Waals surface area contributed by atoms with Gasteiger partial charge >= 0.3 is 5.97 Å². The lowest BCUT2D eigenvalue weighted by Crippen LogP contribution is -2.17. The van der Waals surface area contributed by atoms with Gasteiger partial charge in [0.15, 0.2) is 0 Å². The summed E-state index contributed by atoms with van der Waals surface area (Å²) < 4.78 is 33.5. The molecule has 0 radical (unpaired) electrons. The average Bonchev–Trinajstić information content (AvgIpc) is 3.29. The molecule has 0 fully saturated rings. The SMILES string of the molecule is CCOC(=O)c1c(CCCOc2cccc3cc(F)ccc23)c2ccc(C)c3c2n1CCCCOCC(=N)/C3=C(\N)CC. The predicted octanol–water partition coefficient (Wildman–Crippen LogP) is 7.34. The van der Waals surface area contributed by atoms with Gasteiger partial charge in [0.1, 0.15) is 17.3 Å². The number of carbonyl (C=O) groups excluding carboxylic acids is 1. The molecule has 1 aliphatic heterocycles. The number of carbonyl (C=O) groups is 1. The van der Waals surface area contributed by atoms with Gasteiger partial charge in [-0.2, -0.15) is 0 Å². The standard InChI is InChI=1S/C35H40FN3O4/c1-4-28(37)32-29(38)21-41-18-7-6-17-39-33-27(15-13-22(3)31(32)33)26(34(39)35(40)42-5-2)11-9-19-43-30-12-8-10-23-20-24(36)14-16-25(23)30/h8,10,12-16,20,38H,4-7,9,11,17-19,21,37H2,1-3H3/b32-28+,38-29?. The van der Waals surface area contributed by atoms with Crippen LogP contribution in [0.1, 0.15) is 66.7 Å². The summed E-state index contributed by atoms with van der Waals surface area (Å²) in [5.41, 5.74) is 12.5.